The number of aliphatic hydroxyl groups is 1. The molecule has 0 amide bonds. The predicted molar refractivity (Wildman–Crippen MR) is 61.5 cm³/mol. The lowest BCUT2D eigenvalue weighted by Crippen LogP contribution is -2.86. The molecule has 0 unspecified atom stereocenters. The van der Waals surface area contributed by atoms with Crippen LogP contribution in [0.4, 0.5) is 4.39 Å². The fourth-order valence-corrected chi connectivity index (χ4v) is 1.28. The predicted octanol–water partition coefficient (Wildman–Crippen LogP) is -0.223. The van der Waals surface area contributed by atoms with Gasteiger partial charge in [0.15, 0.2) is 11.6 Å². The standard InChI is InChI=1S/C12H18FNO3/c13-11-3-1-2-4-12(11)17-10-9-16-8-6-14-5-7-15/h1-4,14-15H,5-10H2/p+1. The molecule has 96 valence electrons. The molecule has 0 aromatic heterocycles. The van der Waals surface area contributed by atoms with Gasteiger partial charge in [0.05, 0.1) is 32.9 Å². The lowest BCUT2D eigenvalue weighted by Gasteiger charge is -2.07. The quantitative estimate of drug-likeness (QED) is 0.590. The van der Waals surface area contributed by atoms with E-state index in [0.717, 1.165) is 6.54 Å². The zero-order valence-corrected chi connectivity index (χ0v) is 9.77. The largest absolute Gasteiger partial charge is 0.488 e. The number of para-hydroxylation sites is 1. The number of hydrogen-bond donors (Lipinski definition) is 2. The zero-order chi connectivity index (χ0) is 12.3. The molecule has 0 atom stereocenters. The minimum absolute atomic E-state index is 0.177. The Bertz CT molecular complexity index is 310. The van der Waals surface area contributed by atoms with Crippen molar-refractivity contribution in [3.63, 3.8) is 0 Å². The number of quaternary nitrogens is 1. The molecule has 3 N–H and O–H groups in total. The lowest BCUT2D eigenvalue weighted by molar-refractivity contribution is -0.657. The van der Waals surface area contributed by atoms with Gasteiger partial charge in [-0.05, 0) is 12.1 Å². The van der Waals surface area contributed by atoms with Crippen molar-refractivity contribution in [3.05, 3.63) is 30.1 Å². The van der Waals surface area contributed by atoms with Gasteiger partial charge < -0.3 is 19.9 Å². The molecule has 5 heteroatoms. The van der Waals surface area contributed by atoms with Gasteiger partial charge in [-0.3, -0.25) is 0 Å². The van der Waals surface area contributed by atoms with Crippen LogP contribution in [0, 0.1) is 5.82 Å². The fourth-order valence-electron chi connectivity index (χ4n) is 1.28. The average molecular weight is 244 g/mol. The first kappa shape index (κ1) is 13.9. The van der Waals surface area contributed by atoms with Gasteiger partial charge in [0.1, 0.15) is 6.61 Å². The number of rotatable bonds is 9. The van der Waals surface area contributed by atoms with Gasteiger partial charge in [-0.1, -0.05) is 12.1 Å². The Morgan fingerprint density at radius 1 is 1.12 bits per heavy atom. The highest BCUT2D eigenvalue weighted by molar-refractivity contribution is 5.23. The first-order valence-corrected chi connectivity index (χ1v) is 5.72. The van der Waals surface area contributed by atoms with Crippen molar-refractivity contribution >= 4 is 0 Å². The van der Waals surface area contributed by atoms with Crippen LogP contribution in [0.5, 0.6) is 5.75 Å². The number of aliphatic hydroxyl groups excluding tert-OH is 1. The van der Waals surface area contributed by atoms with Gasteiger partial charge in [-0.15, -0.1) is 0 Å². The molecule has 0 bridgehead atoms. The molecule has 0 fully saturated rings. The van der Waals surface area contributed by atoms with E-state index >= 15 is 0 Å². The van der Waals surface area contributed by atoms with E-state index in [1.165, 1.54) is 6.07 Å². The number of benzene rings is 1. The van der Waals surface area contributed by atoms with E-state index in [4.69, 9.17) is 14.6 Å². The molecule has 0 radical (unpaired) electrons. The summed E-state index contributed by atoms with van der Waals surface area (Å²) < 4.78 is 23.6. The van der Waals surface area contributed by atoms with E-state index in [2.05, 4.69) is 0 Å². The van der Waals surface area contributed by atoms with Crippen LogP contribution in [-0.2, 0) is 4.74 Å². The number of hydrogen-bond acceptors (Lipinski definition) is 3. The Balaban J connectivity index is 1.99. The summed E-state index contributed by atoms with van der Waals surface area (Å²) >= 11 is 0. The Hall–Kier alpha value is -1.17. The highest BCUT2D eigenvalue weighted by Gasteiger charge is 2.00. The molecule has 0 spiro atoms. The van der Waals surface area contributed by atoms with Crippen LogP contribution in [0.15, 0.2) is 24.3 Å². The smallest absolute Gasteiger partial charge is 0.165 e. The normalized spacial score (nSPS) is 10.5. The Labute approximate surface area is 100 Å². The van der Waals surface area contributed by atoms with Crippen LogP contribution in [0.25, 0.3) is 0 Å². The molecule has 4 nitrogen and oxygen atoms in total. The second-order valence-electron chi connectivity index (χ2n) is 3.48. The van der Waals surface area contributed by atoms with Gasteiger partial charge >= 0.3 is 0 Å². The van der Waals surface area contributed by atoms with Crippen LogP contribution >= 0.6 is 0 Å². The average Bonchev–Trinajstić information content (AvgIpc) is 2.35. The van der Waals surface area contributed by atoms with Crippen LogP contribution < -0.4 is 10.1 Å². The molecule has 0 saturated heterocycles. The molecular weight excluding hydrogens is 225 g/mol. The van der Waals surface area contributed by atoms with Crippen LogP contribution in [0.2, 0.25) is 0 Å². The molecule has 1 aromatic rings. The van der Waals surface area contributed by atoms with Gasteiger partial charge in [0, 0.05) is 0 Å². The molecular formula is C12H19FNO3+. The monoisotopic (exact) mass is 244 g/mol. The molecule has 17 heavy (non-hydrogen) atoms. The van der Waals surface area contributed by atoms with Crippen molar-refractivity contribution in [1.29, 1.82) is 0 Å². The second-order valence-corrected chi connectivity index (χ2v) is 3.48. The van der Waals surface area contributed by atoms with Crippen molar-refractivity contribution in [1.82, 2.24) is 0 Å². The maximum absolute atomic E-state index is 13.1. The second kappa shape index (κ2) is 8.92. The first-order valence-electron chi connectivity index (χ1n) is 5.72. The summed E-state index contributed by atoms with van der Waals surface area (Å²) in [6.07, 6.45) is 0. The summed E-state index contributed by atoms with van der Waals surface area (Å²) in [7, 11) is 0. The Morgan fingerprint density at radius 2 is 1.94 bits per heavy atom. The summed E-state index contributed by atoms with van der Waals surface area (Å²) in [5.41, 5.74) is 0. The third kappa shape index (κ3) is 6.21. The third-order valence-corrected chi connectivity index (χ3v) is 2.12. The van der Waals surface area contributed by atoms with Gasteiger partial charge in [-0.2, -0.15) is 0 Å². The molecule has 0 heterocycles. The van der Waals surface area contributed by atoms with Crippen molar-refractivity contribution in [2.24, 2.45) is 0 Å². The molecule has 0 aliphatic heterocycles. The zero-order valence-electron chi connectivity index (χ0n) is 9.77. The minimum Gasteiger partial charge on any atom is -0.488 e. The van der Waals surface area contributed by atoms with Gasteiger partial charge in [0.2, 0.25) is 0 Å². The van der Waals surface area contributed by atoms with Gasteiger partial charge in [-0.25, -0.2) is 4.39 Å². The highest BCUT2D eigenvalue weighted by Crippen LogP contribution is 2.14. The lowest BCUT2D eigenvalue weighted by atomic mass is 10.3. The van der Waals surface area contributed by atoms with E-state index in [0.29, 0.717) is 26.4 Å². The highest BCUT2D eigenvalue weighted by atomic mass is 19.1. The molecule has 1 rings (SSSR count). The summed E-state index contributed by atoms with van der Waals surface area (Å²) in [5.74, 6) is -0.105. The molecule has 0 saturated carbocycles. The summed E-state index contributed by atoms with van der Waals surface area (Å²) in [4.78, 5) is 0. The fraction of sp³-hybridized carbons (Fsp3) is 0.500. The SMILES string of the molecule is OCC[NH2+]CCOCCOc1ccccc1F. The minimum atomic E-state index is -0.358. The number of ether oxygens (including phenoxy) is 2. The van der Waals surface area contributed by atoms with Gasteiger partial charge in [0.25, 0.3) is 0 Å². The van der Waals surface area contributed by atoms with E-state index in [1.807, 2.05) is 5.32 Å². The maximum Gasteiger partial charge on any atom is 0.165 e. The van der Waals surface area contributed by atoms with Crippen molar-refractivity contribution in [2.45, 2.75) is 0 Å². The molecule has 0 aliphatic carbocycles. The molecule has 1 aromatic carbocycles. The van der Waals surface area contributed by atoms with Crippen molar-refractivity contribution < 1.29 is 24.3 Å². The Morgan fingerprint density at radius 3 is 2.71 bits per heavy atom. The summed E-state index contributed by atoms with van der Waals surface area (Å²) in [6, 6.07) is 6.29. The van der Waals surface area contributed by atoms with Crippen LogP contribution in [-0.4, -0.2) is 44.6 Å². The number of halogens is 1. The first-order chi connectivity index (χ1) is 8.34. The van der Waals surface area contributed by atoms with E-state index in [1.54, 1.807) is 18.2 Å². The third-order valence-electron chi connectivity index (χ3n) is 2.12. The number of nitrogens with two attached hydrogens (primary N) is 1. The maximum atomic E-state index is 13.1. The Kier molecular flexibility index (Phi) is 7.29. The van der Waals surface area contributed by atoms with Crippen LogP contribution in [0.1, 0.15) is 0 Å². The van der Waals surface area contributed by atoms with Crippen molar-refractivity contribution in [3.8, 4) is 5.75 Å². The summed E-state index contributed by atoms with van der Waals surface area (Å²) in [5, 5.41) is 10.5. The van der Waals surface area contributed by atoms with E-state index < -0.39 is 0 Å². The topological polar surface area (TPSA) is 55.3 Å². The summed E-state index contributed by atoms with van der Waals surface area (Å²) in [6.45, 7) is 3.04. The van der Waals surface area contributed by atoms with Crippen molar-refractivity contribution in [2.75, 3.05) is 39.5 Å². The van der Waals surface area contributed by atoms with E-state index in [9.17, 15) is 4.39 Å². The van der Waals surface area contributed by atoms with Crippen LogP contribution in [0.3, 0.4) is 0 Å². The van der Waals surface area contributed by atoms with E-state index in [-0.39, 0.29) is 18.2 Å². The molecule has 0 aliphatic rings.